The zero-order valence-corrected chi connectivity index (χ0v) is 67.6. The predicted molar refractivity (Wildman–Crippen MR) is 375 cm³/mol. The van der Waals surface area contributed by atoms with E-state index in [1.165, 1.54) is 0 Å². The molecule has 0 unspecified atom stereocenters. The summed E-state index contributed by atoms with van der Waals surface area (Å²) in [5, 5.41) is 21.5. The van der Waals surface area contributed by atoms with Crippen LogP contribution in [0.5, 0.6) is 0 Å². The number of hydrogen-bond donors (Lipinski definition) is 3. The highest BCUT2D eigenvalue weighted by Crippen LogP contribution is 2.48. The van der Waals surface area contributed by atoms with Crippen LogP contribution in [0.3, 0.4) is 0 Å². The highest BCUT2D eigenvalue weighted by Gasteiger charge is 2.65. The fourth-order valence-corrected chi connectivity index (χ4v) is 10.4. The Morgan fingerprint density at radius 1 is 0.197 bits per heavy atom. The first-order valence-electron chi connectivity index (χ1n) is 35.2. The molecule has 0 aliphatic heterocycles. The molecule has 0 amide bonds. The minimum Gasteiger partial charge on any atom is -0.402 e. The average Bonchev–Trinajstić information content (AvgIpc) is 1.00. The van der Waals surface area contributed by atoms with Gasteiger partial charge in [-0.15, -0.1) is 0 Å². The molecule has 0 aliphatic rings. The SMILES string of the molecule is Cc1cc(-c2c(F)c(F)c(F)c(F)c2F)c(F)c(F)c1F.Cc1cc(-c2c(F)c(F)c(F)c(F)c2F)c(F)c(F)c1F.Cc1cc(-c2c(F)c(F)c(F)c(F)c2F)c(F)c(F)c1F.Cc1cc(-c2c(F)c(F)c(F)c(F)c2F)c(F)c(F)c1F.FCN(c1cc(F)ccc1F)C(F)(F)C(F)(F)F.FCN(c1cc(F)ccc1F)C(F)(F)C(F)(F)F.FCN(c1cc(F)ccc1F)C(F)(F)C(F)(F)F.OB(O)O. The Kier molecular flexibility index (Phi) is 39.9. The first-order chi connectivity index (χ1) is 64.8. The van der Waals surface area contributed by atoms with Crippen molar-refractivity contribution in [3.8, 4) is 44.5 Å². The average molecular weight is 2150 g/mol. The zero-order valence-electron chi connectivity index (χ0n) is 67.6. The van der Waals surface area contributed by atoms with Crippen molar-refractivity contribution in [2.75, 3.05) is 35.1 Å². The van der Waals surface area contributed by atoms with E-state index in [9.17, 15) is 246 Å². The van der Waals surface area contributed by atoms with Gasteiger partial charge < -0.3 is 15.1 Å². The zero-order chi connectivity index (χ0) is 110. The van der Waals surface area contributed by atoms with Crippen LogP contribution in [0.4, 0.5) is 263 Å². The van der Waals surface area contributed by atoms with E-state index in [-0.39, 0.29) is 18.2 Å². The summed E-state index contributed by atoms with van der Waals surface area (Å²) in [7, 11) is -2.17. The van der Waals surface area contributed by atoms with Crippen LogP contribution in [0.2, 0.25) is 0 Å². The van der Waals surface area contributed by atoms with Crippen molar-refractivity contribution in [1.29, 1.82) is 0 Å². The molecule has 0 atom stereocenters. The summed E-state index contributed by atoms with van der Waals surface area (Å²) in [6, 6.07) is -12.6. The quantitative estimate of drug-likeness (QED) is 0.0351. The Morgan fingerprint density at radius 3 is 0.451 bits per heavy atom. The van der Waals surface area contributed by atoms with E-state index in [1.807, 2.05) is 0 Å². The molecule has 0 bridgehead atoms. The van der Waals surface area contributed by atoms with Gasteiger partial charge in [-0.2, -0.15) is 65.9 Å². The molecule has 0 spiro atoms. The highest BCUT2D eigenvalue weighted by molar-refractivity contribution is 6.30. The maximum absolute atomic E-state index is 13.6. The molecular weight excluding hydrogens is 2110 g/mol. The smallest absolute Gasteiger partial charge is 0.402 e. The highest BCUT2D eigenvalue weighted by atomic mass is 19.4. The standard InChI is InChI=1S/4C13H4F8.3C9H5F8N.BH3O3/c4*1-3-2-4(7(15)10(18)6(3)14)5-8(16)11(19)13(21)12(20)9(5)17;3*10-4-18(9(16,17)8(13,14)15)7-3-5(11)1-2-6(7)12;2-1(3)4/h4*2H,1H3;3*1-3H,4H2;2-4H. The second-order valence-electron chi connectivity index (χ2n) is 26.4. The molecule has 11 aromatic carbocycles. The number of halogens is 56. The van der Waals surface area contributed by atoms with Gasteiger partial charge in [0, 0.05) is 40.5 Å². The number of nitrogens with zero attached hydrogens (tertiary/aromatic N) is 3. The lowest BCUT2D eigenvalue weighted by molar-refractivity contribution is -0.283. The molecule has 3 N–H and O–H groups in total. The molecule has 0 aliphatic carbocycles. The summed E-state index contributed by atoms with van der Waals surface area (Å²) >= 11 is 0. The third-order valence-corrected chi connectivity index (χ3v) is 17.2. The Bertz CT molecular complexity index is 5660. The molecule has 0 aromatic heterocycles. The second-order valence-corrected chi connectivity index (χ2v) is 26.4. The first kappa shape index (κ1) is 121. The summed E-state index contributed by atoms with van der Waals surface area (Å²) in [6.45, 7) is -3.27. The van der Waals surface area contributed by atoms with Crippen LogP contribution >= 0.6 is 0 Å². The van der Waals surface area contributed by atoms with E-state index in [4.69, 9.17) is 15.1 Å². The fourth-order valence-electron chi connectivity index (χ4n) is 10.4. The van der Waals surface area contributed by atoms with E-state index >= 15 is 0 Å². The molecule has 6 nitrogen and oxygen atoms in total. The lowest BCUT2D eigenvalue weighted by atomic mass is 10.00. The fraction of sp³-hybridized carbons (Fsp3) is 0.165. The minimum atomic E-state index is -6.13. The summed E-state index contributed by atoms with van der Waals surface area (Å²) in [4.78, 5) is -3.61. The Labute approximate surface area is 750 Å². The number of benzene rings is 11. The van der Waals surface area contributed by atoms with Crippen molar-refractivity contribution in [3.63, 3.8) is 0 Å². The predicted octanol–water partition coefficient (Wildman–Crippen LogP) is 28.6. The van der Waals surface area contributed by atoms with Crippen molar-refractivity contribution in [2.24, 2.45) is 0 Å². The number of anilines is 3. The largest absolute Gasteiger partial charge is 0.631 e. The Morgan fingerprint density at radius 2 is 0.324 bits per heavy atom. The van der Waals surface area contributed by atoms with E-state index in [0.29, 0.717) is 60.7 Å². The van der Waals surface area contributed by atoms with E-state index in [2.05, 4.69) is 0 Å². The summed E-state index contributed by atoms with van der Waals surface area (Å²) in [5.41, 5.74) is -18.5. The third-order valence-electron chi connectivity index (χ3n) is 17.2. The summed E-state index contributed by atoms with van der Waals surface area (Å²) in [6.07, 6.45) is -18.4. The summed E-state index contributed by atoms with van der Waals surface area (Å²) < 4.78 is 723. The van der Waals surface area contributed by atoms with Gasteiger partial charge in [-0.1, -0.05) is 0 Å². The van der Waals surface area contributed by atoms with Crippen molar-refractivity contribution < 1.29 is 261 Å². The molecule has 0 saturated carbocycles. The Hall–Kier alpha value is -13.2. The van der Waals surface area contributed by atoms with Crippen LogP contribution in [0.25, 0.3) is 44.5 Å². The van der Waals surface area contributed by atoms with Gasteiger partial charge in [0.1, 0.15) is 34.9 Å². The Balaban J connectivity index is 0.000000344. The van der Waals surface area contributed by atoms with Crippen LogP contribution in [0, 0.1) is 249 Å². The lowest BCUT2D eigenvalue weighted by Crippen LogP contribution is -2.52. The van der Waals surface area contributed by atoms with Gasteiger partial charge in [-0.25, -0.2) is 180 Å². The van der Waals surface area contributed by atoms with E-state index in [0.717, 1.165) is 27.7 Å². The van der Waals surface area contributed by atoms with Gasteiger partial charge >= 0.3 is 44.0 Å². The van der Waals surface area contributed by atoms with Crippen LogP contribution in [0.15, 0.2) is 78.9 Å². The molecule has 0 radical (unpaired) electrons. The van der Waals surface area contributed by atoms with E-state index in [1.54, 1.807) is 0 Å². The van der Waals surface area contributed by atoms with Crippen LogP contribution in [-0.2, 0) is 0 Å². The monoisotopic (exact) mass is 2150 g/mol. The van der Waals surface area contributed by atoms with Gasteiger partial charge in [0.15, 0.2) is 183 Å². The van der Waals surface area contributed by atoms with Crippen LogP contribution in [-0.4, -0.2) is 79.5 Å². The first-order valence-corrected chi connectivity index (χ1v) is 35.2. The van der Waals surface area contributed by atoms with Gasteiger partial charge in [0.05, 0.1) is 39.3 Å². The van der Waals surface area contributed by atoms with Gasteiger partial charge in [0.2, 0.25) is 23.3 Å². The number of alkyl halides is 18. The van der Waals surface area contributed by atoms with Crippen molar-refractivity contribution in [1.82, 2.24) is 0 Å². The van der Waals surface area contributed by atoms with Gasteiger partial charge in [-0.05, 0) is 111 Å². The number of rotatable bonds is 13. The number of aryl methyl sites for hydroxylation is 4. The number of hydrogen-bond acceptors (Lipinski definition) is 6. The van der Waals surface area contributed by atoms with Crippen molar-refractivity contribution in [3.05, 3.63) is 322 Å². The molecule has 142 heavy (non-hydrogen) atoms. The minimum absolute atomic E-state index is 0.0502. The van der Waals surface area contributed by atoms with Crippen molar-refractivity contribution in [2.45, 2.75) is 64.4 Å². The molecule has 0 heterocycles. The summed E-state index contributed by atoms with van der Waals surface area (Å²) in [5.74, 6) is -78.6. The van der Waals surface area contributed by atoms with Crippen LogP contribution in [0.1, 0.15) is 22.3 Å². The third kappa shape index (κ3) is 25.5. The molecule has 63 heteroatoms. The normalized spacial score (nSPS) is 11.6. The molecule has 0 saturated heterocycles. The maximum atomic E-state index is 13.6. The topological polar surface area (TPSA) is 70.4 Å². The molecule has 778 valence electrons. The van der Waals surface area contributed by atoms with Crippen LogP contribution < -0.4 is 14.7 Å². The van der Waals surface area contributed by atoms with Gasteiger partial charge in [-0.3, -0.25) is 14.7 Å². The van der Waals surface area contributed by atoms with Crippen molar-refractivity contribution >= 4 is 24.4 Å². The van der Waals surface area contributed by atoms with E-state index < -0.39 is 384 Å². The molecular formula is C79H34BF56N3O3. The molecule has 11 aromatic rings. The maximum Gasteiger partial charge on any atom is 0.631 e. The lowest BCUT2D eigenvalue weighted by Gasteiger charge is -2.31. The molecule has 0 fully saturated rings. The molecule has 11 rings (SSSR count). The van der Waals surface area contributed by atoms with Gasteiger partial charge in [0.25, 0.3) is 0 Å². The second kappa shape index (κ2) is 46.7.